The molecule has 9 heteroatoms. The molecule has 0 atom stereocenters. The van der Waals surface area contributed by atoms with Crippen LogP contribution in [0.2, 0.25) is 0 Å². The van der Waals surface area contributed by atoms with Crippen molar-refractivity contribution >= 4 is 0 Å². The molecule has 4 rings (SSSR count). The van der Waals surface area contributed by atoms with Gasteiger partial charge in [0.15, 0.2) is 0 Å². The van der Waals surface area contributed by atoms with Crippen molar-refractivity contribution in [3.8, 4) is 11.4 Å². The predicted molar refractivity (Wildman–Crippen MR) is 102 cm³/mol. The largest absolute Gasteiger partial charge is 0.416 e. The molecule has 2 aromatic carbocycles. The normalized spacial score (nSPS) is 16.1. The number of aromatic nitrogens is 2. The number of hydrogen-bond acceptors (Lipinski definition) is 5. The fourth-order valence-electron chi connectivity index (χ4n) is 3.46. The average molecular weight is 420 g/mol. The van der Waals surface area contributed by atoms with Crippen molar-refractivity contribution in [1.29, 1.82) is 0 Å². The third kappa shape index (κ3) is 5.03. The van der Waals surface area contributed by atoms with Gasteiger partial charge in [-0.15, -0.1) is 0 Å². The Morgan fingerprint density at radius 3 is 2.30 bits per heavy atom. The third-order valence-corrected chi connectivity index (χ3v) is 5.04. The van der Waals surface area contributed by atoms with Crippen molar-refractivity contribution in [3.05, 3.63) is 71.4 Å². The highest BCUT2D eigenvalue weighted by Crippen LogP contribution is 2.31. The third-order valence-electron chi connectivity index (χ3n) is 5.04. The van der Waals surface area contributed by atoms with Crippen LogP contribution in [0.25, 0.3) is 11.4 Å². The summed E-state index contributed by atoms with van der Waals surface area (Å²) in [5.74, 6) is 0.265. The lowest BCUT2D eigenvalue weighted by molar-refractivity contribution is -0.137. The summed E-state index contributed by atoms with van der Waals surface area (Å²) in [4.78, 5) is 8.64. The molecule has 1 aromatic heterocycles. The van der Waals surface area contributed by atoms with Crippen LogP contribution in [0.3, 0.4) is 0 Å². The lowest BCUT2D eigenvalue weighted by Gasteiger charge is -2.33. The van der Waals surface area contributed by atoms with Gasteiger partial charge in [-0.2, -0.15) is 18.2 Å². The molecule has 0 amide bonds. The maximum atomic E-state index is 13.3. The van der Waals surface area contributed by atoms with E-state index in [1.54, 1.807) is 12.1 Å². The van der Waals surface area contributed by atoms with E-state index in [4.69, 9.17) is 4.52 Å². The van der Waals surface area contributed by atoms with Gasteiger partial charge in [-0.05, 0) is 29.8 Å². The van der Waals surface area contributed by atoms with Gasteiger partial charge in [-0.1, -0.05) is 29.4 Å². The molecule has 0 radical (unpaired) electrons. The summed E-state index contributed by atoms with van der Waals surface area (Å²) in [5.41, 5.74) is 0.451. The zero-order chi connectivity index (χ0) is 21.1. The Morgan fingerprint density at radius 2 is 1.60 bits per heavy atom. The van der Waals surface area contributed by atoms with Crippen LogP contribution in [0, 0.1) is 5.82 Å². The number of nitrogens with zero attached hydrogens (tertiary/aromatic N) is 4. The van der Waals surface area contributed by atoms with Gasteiger partial charge < -0.3 is 4.52 Å². The number of benzene rings is 2. The summed E-state index contributed by atoms with van der Waals surface area (Å²) in [6.07, 6.45) is -4.42. The zero-order valence-corrected chi connectivity index (χ0v) is 16.1. The molecular weight excluding hydrogens is 400 g/mol. The summed E-state index contributed by atoms with van der Waals surface area (Å²) < 4.78 is 57.2. The van der Waals surface area contributed by atoms with Gasteiger partial charge in [0.1, 0.15) is 5.82 Å². The van der Waals surface area contributed by atoms with E-state index >= 15 is 0 Å². The molecule has 2 heterocycles. The number of rotatable bonds is 5. The number of halogens is 4. The predicted octanol–water partition coefficient (Wildman–Crippen LogP) is 4.21. The molecule has 0 spiro atoms. The number of alkyl halides is 3. The van der Waals surface area contributed by atoms with E-state index in [1.165, 1.54) is 18.2 Å². The Labute approximate surface area is 170 Å². The molecule has 0 N–H and O–H groups in total. The lowest BCUT2D eigenvalue weighted by atomic mass is 10.1. The SMILES string of the molecule is Fc1cccc(CN2CCN(Cc3nc(-c4cccc(C(F)(F)F)c4)no3)CC2)c1. The second-order valence-electron chi connectivity index (χ2n) is 7.27. The first-order valence-corrected chi connectivity index (χ1v) is 9.56. The van der Waals surface area contributed by atoms with Crippen molar-refractivity contribution in [2.75, 3.05) is 26.2 Å². The zero-order valence-electron chi connectivity index (χ0n) is 16.1. The first kappa shape index (κ1) is 20.5. The molecule has 5 nitrogen and oxygen atoms in total. The first-order chi connectivity index (χ1) is 14.4. The maximum Gasteiger partial charge on any atom is 0.416 e. The van der Waals surface area contributed by atoms with Gasteiger partial charge in [-0.25, -0.2) is 4.39 Å². The van der Waals surface area contributed by atoms with Crippen LogP contribution in [-0.4, -0.2) is 46.1 Å². The molecule has 30 heavy (non-hydrogen) atoms. The molecule has 0 aliphatic carbocycles. The molecule has 0 bridgehead atoms. The van der Waals surface area contributed by atoms with E-state index < -0.39 is 11.7 Å². The van der Waals surface area contributed by atoms with Crippen LogP contribution in [0.1, 0.15) is 17.0 Å². The summed E-state index contributed by atoms with van der Waals surface area (Å²) in [7, 11) is 0. The van der Waals surface area contributed by atoms with Crippen molar-refractivity contribution in [3.63, 3.8) is 0 Å². The van der Waals surface area contributed by atoms with Gasteiger partial charge in [0.25, 0.3) is 0 Å². The summed E-state index contributed by atoms with van der Waals surface area (Å²) in [6, 6.07) is 11.5. The highest BCUT2D eigenvalue weighted by atomic mass is 19.4. The monoisotopic (exact) mass is 420 g/mol. The second-order valence-corrected chi connectivity index (χ2v) is 7.27. The minimum absolute atomic E-state index is 0.140. The second kappa shape index (κ2) is 8.53. The molecule has 1 aliphatic heterocycles. The van der Waals surface area contributed by atoms with E-state index in [9.17, 15) is 17.6 Å². The smallest absolute Gasteiger partial charge is 0.338 e. The van der Waals surface area contributed by atoms with Crippen LogP contribution in [0.15, 0.2) is 53.1 Å². The van der Waals surface area contributed by atoms with Crippen LogP contribution in [0.5, 0.6) is 0 Å². The van der Waals surface area contributed by atoms with Crippen LogP contribution in [0.4, 0.5) is 17.6 Å². The maximum absolute atomic E-state index is 13.3. The Morgan fingerprint density at radius 1 is 0.900 bits per heavy atom. The molecule has 0 saturated carbocycles. The quantitative estimate of drug-likeness (QED) is 0.579. The molecule has 3 aromatic rings. The van der Waals surface area contributed by atoms with Gasteiger partial charge >= 0.3 is 6.18 Å². The first-order valence-electron chi connectivity index (χ1n) is 9.56. The van der Waals surface area contributed by atoms with E-state index in [-0.39, 0.29) is 17.2 Å². The molecule has 1 fully saturated rings. The van der Waals surface area contributed by atoms with E-state index in [2.05, 4.69) is 19.9 Å². The Hall–Kier alpha value is -2.78. The van der Waals surface area contributed by atoms with Crippen molar-refractivity contribution in [1.82, 2.24) is 19.9 Å². The van der Waals surface area contributed by atoms with Gasteiger partial charge in [0, 0.05) is 38.3 Å². The number of hydrogen-bond donors (Lipinski definition) is 0. The summed E-state index contributed by atoms with van der Waals surface area (Å²) in [6.45, 7) is 4.29. The lowest BCUT2D eigenvalue weighted by Crippen LogP contribution is -2.45. The van der Waals surface area contributed by atoms with Crippen LogP contribution in [-0.2, 0) is 19.3 Å². The van der Waals surface area contributed by atoms with E-state index in [0.29, 0.717) is 19.0 Å². The van der Waals surface area contributed by atoms with Gasteiger partial charge in [0.05, 0.1) is 12.1 Å². The molecular formula is C21H20F4N4O. The van der Waals surface area contributed by atoms with Gasteiger partial charge in [0.2, 0.25) is 11.7 Å². The fraction of sp³-hybridized carbons (Fsp3) is 0.333. The highest BCUT2D eigenvalue weighted by Gasteiger charge is 2.31. The Kier molecular flexibility index (Phi) is 5.83. The molecule has 1 saturated heterocycles. The standard InChI is InChI=1S/C21H20F4N4O/c22-18-6-1-3-15(11-18)13-28-7-9-29(10-8-28)14-19-26-20(27-30-19)16-4-2-5-17(12-16)21(23,24)25/h1-6,11-12H,7-10,13-14H2. The molecule has 1 aliphatic rings. The van der Waals surface area contributed by atoms with E-state index in [0.717, 1.165) is 43.9 Å². The van der Waals surface area contributed by atoms with Gasteiger partial charge in [-0.3, -0.25) is 9.80 Å². The van der Waals surface area contributed by atoms with Crippen LogP contribution >= 0.6 is 0 Å². The van der Waals surface area contributed by atoms with Crippen molar-refractivity contribution in [2.24, 2.45) is 0 Å². The number of piperazine rings is 1. The van der Waals surface area contributed by atoms with Crippen molar-refractivity contribution < 1.29 is 22.1 Å². The minimum atomic E-state index is -4.42. The fourth-order valence-corrected chi connectivity index (χ4v) is 3.46. The van der Waals surface area contributed by atoms with Crippen LogP contribution < -0.4 is 0 Å². The Bertz CT molecular complexity index is 996. The van der Waals surface area contributed by atoms with E-state index in [1.807, 2.05) is 6.07 Å². The molecule has 0 unspecified atom stereocenters. The topological polar surface area (TPSA) is 45.4 Å². The highest BCUT2D eigenvalue weighted by molar-refractivity contribution is 5.55. The summed E-state index contributed by atoms with van der Waals surface area (Å²) >= 11 is 0. The average Bonchev–Trinajstić information content (AvgIpc) is 3.18. The summed E-state index contributed by atoms with van der Waals surface area (Å²) in [5, 5.41) is 3.83. The molecule has 158 valence electrons. The van der Waals surface area contributed by atoms with Crippen molar-refractivity contribution in [2.45, 2.75) is 19.3 Å². The Balaban J connectivity index is 1.33. The minimum Gasteiger partial charge on any atom is -0.338 e.